The van der Waals surface area contributed by atoms with Crippen molar-refractivity contribution in [2.45, 2.75) is 89.6 Å². The molecule has 0 spiro atoms. The third-order valence-electron chi connectivity index (χ3n) is 3.72. The second kappa shape index (κ2) is 9.06. The first-order valence-corrected chi connectivity index (χ1v) is 16.2. The zero-order chi connectivity index (χ0) is 17.5. The van der Waals surface area contributed by atoms with E-state index in [4.69, 9.17) is 4.74 Å². The lowest BCUT2D eigenvalue weighted by Gasteiger charge is -2.25. The Morgan fingerprint density at radius 2 is 1.91 bits per heavy atom. The lowest BCUT2D eigenvalue weighted by Crippen LogP contribution is -2.24. The molecule has 130 valence electrons. The van der Waals surface area contributed by atoms with Crippen molar-refractivity contribution in [2.75, 3.05) is 0 Å². The van der Waals surface area contributed by atoms with E-state index in [1.165, 1.54) is 18.0 Å². The number of ether oxygens (including phenoxy) is 1. The van der Waals surface area contributed by atoms with Crippen molar-refractivity contribution in [3.63, 3.8) is 0 Å². The first kappa shape index (κ1) is 20.5. The normalized spacial score (nSPS) is 21.7. The molecule has 0 saturated heterocycles. The Labute approximate surface area is 146 Å². The van der Waals surface area contributed by atoms with Gasteiger partial charge in [0.25, 0.3) is 0 Å². The van der Waals surface area contributed by atoms with Crippen LogP contribution >= 0.6 is 0 Å². The highest BCUT2D eigenvalue weighted by atomic mass is 28.3. The molecule has 0 aromatic rings. The van der Waals surface area contributed by atoms with Gasteiger partial charge in [-0.3, -0.25) is 0 Å². The van der Waals surface area contributed by atoms with E-state index in [2.05, 4.69) is 69.5 Å². The third-order valence-corrected chi connectivity index (χ3v) is 6.21. The molecule has 0 amide bonds. The van der Waals surface area contributed by atoms with Gasteiger partial charge in [-0.05, 0) is 31.7 Å². The summed E-state index contributed by atoms with van der Waals surface area (Å²) in [7, 11) is -2.26. The van der Waals surface area contributed by atoms with Crippen LogP contribution in [-0.2, 0) is 4.74 Å². The predicted octanol–water partition coefficient (Wildman–Crippen LogP) is 6.04. The average Bonchev–Trinajstić information content (AvgIpc) is 2.35. The maximum atomic E-state index is 6.19. The molecule has 0 fully saturated rings. The average molecular weight is 349 g/mol. The van der Waals surface area contributed by atoms with E-state index in [0.717, 1.165) is 25.7 Å². The summed E-state index contributed by atoms with van der Waals surface area (Å²) in [5.41, 5.74) is 4.87. The third kappa shape index (κ3) is 10.8. The second-order valence-electron chi connectivity index (χ2n) is 9.10. The number of allylic oxidation sites excluding steroid dienone is 1. The summed E-state index contributed by atoms with van der Waals surface area (Å²) in [6, 6.07) is 1.26. The van der Waals surface area contributed by atoms with Gasteiger partial charge < -0.3 is 4.74 Å². The topological polar surface area (TPSA) is 9.23 Å². The van der Waals surface area contributed by atoms with Crippen LogP contribution in [0.1, 0.15) is 32.1 Å². The van der Waals surface area contributed by atoms with Crippen LogP contribution in [0, 0.1) is 11.5 Å². The van der Waals surface area contributed by atoms with E-state index in [1.807, 2.05) is 0 Å². The van der Waals surface area contributed by atoms with Crippen LogP contribution in [0.4, 0.5) is 0 Å². The smallest absolute Gasteiger partial charge is 0.129 e. The Morgan fingerprint density at radius 3 is 2.52 bits per heavy atom. The van der Waals surface area contributed by atoms with Crippen molar-refractivity contribution in [3.8, 4) is 11.5 Å². The Morgan fingerprint density at radius 1 is 1.22 bits per heavy atom. The molecule has 1 aliphatic rings. The summed E-state index contributed by atoms with van der Waals surface area (Å²) in [4.78, 5) is 0. The van der Waals surface area contributed by atoms with E-state index in [9.17, 15) is 0 Å². The van der Waals surface area contributed by atoms with Gasteiger partial charge in [-0.2, -0.15) is 0 Å². The molecule has 1 heterocycles. The number of hydrogen-bond donors (Lipinski definition) is 0. The van der Waals surface area contributed by atoms with Crippen LogP contribution in [0.3, 0.4) is 0 Å². The SMILES string of the molecule is C=C(CCC[C@@H]1CC=CC(CC#C[Si](C)(C)C)O1)C[Si](C)(C)C. The van der Waals surface area contributed by atoms with Crippen molar-refractivity contribution in [1.29, 1.82) is 0 Å². The first-order chi connectivity index (χ1) is 10.6. The van der Waals surface area contributed by atoms with Gasteiger partial charge in [0.1, 0.15) is 8.07 Å². The molecular formula is C20H36OSi2. The van der Waals surface area contributed by atoms with Gasteiger partial charge in [-0.25, -0.2) is 0 Å². The Bertz CT molecular complexity index is 469. The highest BCUT2D eigenvalue weighted by molar-refractivity contribution is 6.83. The maximum absolute atomic E-state index is 6.19. The molecule has 0 saturated carbocycles. The van der Waals surface area contributed by atoms with Crippen LogP contribution in [0.15, 0.2) is 24.3 Å². The lowest BCUT2D eigenvalue weighted by molar-refractivity contribution is 0.00348. The molecule has 1 rings (SSSR count). The molecule has 1 nitrogen and oxygen atoms in total. The van der Waals surface area contributed by atoms with Crippen LogP contribution in [0.25, 0.3) is 0 Å². The maximum Gasteiger partial charge on any atom is 0.129 e. The van der Waals surface area contributed by atoms with Crippen molar-refractivity contribution < 1.29 is 4.74 Å². The van der Waals surface area contributed by atoms with E-state index in [1.54, 1.807) is 0 Å². The fourth-order valence-electron chi connectivity index (χ4n) is 2.87. The number of rotatable bonds is 7. The molecule has 23 heavy (non-hydrogen) atoms. The summed E-state index contributed by atoms with van der Waals surface area (Å²) in [5, 5.41) is 0. The Hall–Kier alpha value is -0.566. The second-order valence-corrected chi connectivity index (χ2v) is 19.3. The van der Waals surface area contributed by atoms with Crippen LogP contribution in [0.2, 0.25) is 45.3 Å². The van der Waals surface area contributed by atoms with Crippen molar-refractivity contribution in [2.24, 2.45) is 0 Å². The molecule has 2 atom stereocenters. The van der Waals surface area contributed by atoms with Crippen molar-refractivity contribution >= 4 is 16.1 Å². The minimum atomic E-state index is -1.26. The Balaban J connectivity index is 2.30. The number of hydrogen-bond acceptors (Lipinski definition) is 1. The molecular weight excluding hydrogens is 312 g/mol. The van der Waals surface area contributed by atoms with Gasteiger partial charge in [0.15, 0.2) is 0 Å². The van der Waals surface area contributed by atoms with Crippen molar-refractivity contribution in [1.82, 2.24) is 0 Å². The molecule has 0 aromatic heterocycles. The highest BCUT2D eigenvalue weighted by Crippen LogP contribution is 2.23. The van der Waals surface area contributed by atoms with Gasteiger partial charge in [-0.1, -0.05) is 57.0 Å². The summed E-state index contributed by atoms with van der Waals surface area (Å²) < 4.78 is 6.19. The molecule has 1 unspecified atom stereocenters. The predicted molar refractivity (Wildman–Crippen MR) is 109 cm³/mol. The molecule has 0 aromatic carbocycles. The molecule has 0 aliphatic carbocycles. The monoisotopic (exact) mass is 348 g/mol. The fraction of sp³-hybridized carbons (Fsp3) is 0.700. The highest BCUT2D eigenvalue weighted by Gasteiger charge is 2.18. The van der Waals surface area contributed by atoms with E-state index in [-0.39, 0.29) is 6.10 Å². The van der Waals surface area contributed by atoms with Gasteiger partial charge in [0, 0.05) is 14.5 Å². The van der Waals surface area contributed by atoms with Gasteiger partial charge in [-0.15, -0.1) is 18.0 Å². The minimum Gasteiger partial charge on any atom is -0.370 e. The largest absolute Gasteiger partial charge is 0.370 e. The van der Waals surface area contributed by atoms with Crippen LogP contribution in [-0.4, -0.2) is 28.4 Å². The summed E-state index contributed by atoms with van der Waals surface area (Å²) in [5.74, 6) is 3.34. The molecule has 0 bridgehead atoms. The van der Waals surface area contributed by atoms with E-state index in [0.29, 0.717) is 6.10 Å². The fourth-order valence-corrected chi connectivity index (χ4v) is 5.18. The molecule has 3 heteroatoms. The van der Waals surface area contributed by atoms with Gasteiger partial charge >= 0.3 is 0 Å². The van der Waals surface area contributed by atoms with Crippen LogP contribution in [0.5, 0.6) is 0 Å². The first-order valence-electron chi connectivity index (χ1n) is 9.04. The summed E-state index contributed by atoms with van der Waals surface area (Å²) in [6.07, 6.45) is 10.5. The zero-order valence-electron chi connectivity index (χ0n) is 16.2. The van der Waals surface area contributed by atoms with Crippen molar-refractivity contribution in [3.05, 3.63) is 24.3 Å². The minimum absolute atomic E-state index is 0.197. The molecule has 0 N–H and O–H groups in total. The lowest BCUT2D eigenvalue weighted by atomic mass is 10.0. The van der Waals surface area contributed by atoms with Gasteiger partial charge in [0.05, 0.1) is 12.2 Å². The molecule has 1 aliphatic heterocycles. The summed E-state index contributed by atoms with van der Waals surface area (Å²) in [6.45, 7) is 18.4. The van der Waals surface area contributed by atoms with E-state index >= 15 is 0 Å². The van der Waals surface area contributed by atoms with Gasteiger partial charge in [0.2, 0.25) is 0 Å². The molecule has 0 radical (unpaired) electrons. The zero-order valence-corrected chi connectivity index (χ0v) is 18.2. The Kier molecular flexibility index (Phi) is 8.06. The quantitative estimate of drug-likeness (QED) is 0.310. The summed E-state index contributed by atoms with van der Waals surface area (Å²) >= 11 is 0. The van der Waals surface area contributed by atoms with Crippen LogP contribution < -0.4 is 0 Å². The standard InChI is InChI=1S/C20H36OSi2/c1-18(17-23(5,6)7)11-8-12-19-13-9-14-20(21-19)15-10-16-22(2,3)4/h9,14,19-20H,1,8,11-13,15,17H2,2-7H3/t19-,20?/m1/s1. The van der Waals surface area contributed by atoms with E-state index < -0.39 is 16.1 Å².